The number of hydrogen-bond acceptors (Lipinski definition) is 7. The Morgan fingerprint density at radius 2 is 1.50 bits per heavy atom. The van der Waals surface area contributed by atoms with Gasteiger partial charge in [-0.15, -0.1) is 0 Å². The van der Waals surface area contributed by atoms with Crippen LogP contribution >= 0.6 is 0 Å². The Kier molecular flexibility index (Phi) is 11.7. The SMILES string of the molecule is CCC(C)C(NC(=O)C(N)CO)C(=O)NC(CC(=O)O)C(=O)NC(Cc1ccccc1)C(=O)O. The van der Waals surface area contributed by atoms with Crippen molar-refractivity contribution in [3.63, 3.8) is 0 Å². The number of rotatable bonds is 14. The Bertz CT molecular complexity index is 864. The Balaban J connectivity index is 3.03. The highest BCUT2D eigenvalue weighted by atomic mass is 16.4. The molecule has 0 fully saturated rings. The van der Waals surface area contributed by atoms with Crippen molar-refractivity contribution in [2.24, 2.45) is 11.7 Å². The van der Waals surface area contributed by atoms with E-state index in [0.717, 1.165) is 0 Å². The second-order valence-corrected chi connectivity index (χ2v) is 7.91. The zero-order valence-electron chi connectivity index (χ0n) is 19.1. The van der Waals surface area contributed by atoms with E-state index in [2.05, 4.69) is 16.0 Å². The van der Waals surface area contributed by atoms with Crippen molar-refractivity contribution < 1.29 is 39.3 Å². The van der Waals surface area contributed by atoms with Gasteiger partial charge in [-0.25, -0.2) is 4.79 Å². The Hall–Kier alpha value is -3.51. The fourth-order valence-corrected chi connectivity index (χ4v) is 3.01. The van der Waals surface area contributed by atoms with E-state index in [1.807, 2.05) is 0 Å². The van der Waals surface area contributed by atoms with Gasteiger partial charge in [-0.1, -0.05) is 50.6 Å². The van der Waals surface area contributed by atoms with Crippen molar-refractivity contribution in [3.05, 3.63) is 35.9 Å². The lowest BCUT2D eigenvalue weighted by Crippen LogP contribution is -2.59. The maximum absolute atomic E-state index is 12.9. The summed E-state index contributed by atoms with van der Waals surface area (Å²) in [5.74, 6) is -5.80. The number of amides is 3. The van der Waals surface area contributed by atoms with Crippen LogP contribution in [0, 0.1) is 5.92 Å². The number of carboxylic acid groups (broad SMARTS) is 2. The molecule has 5 unspecified atom stereocenters. The molecule has 8 N–H and O–H groups in total. The van der Waals surface area contributed by atoms with Crippen LogP contribution in [0.4, 0.5) is 0 Å². The third kappa shape index (κ3) is 9.16. The van der Waals surface area contributed by atoms with Crippen molar-refractivity contribution in [2.75, 3.05) is 6.61 Å². The average Bonchev–Trinajstić information content (AvgIpc) is 2.80. The lowest BCUT2D eigenvalue weighted by molar-refractivity contribution is -0.143. The van der Waals surface area contributed by atoms with Gasteiger partial charge in [0.05, 0.1) is 13.0 Å². The number of benzene rings is 1. The molecule has 0 aromatic heterocycles. The number of carboxylic acids is 2. The van der Waals surface area contributed by atoms with E-state index in [9.17, 15) is 34.2 Å². The van der Waals surface area contributed by atoms with Gasteiger partial charge >= 0.3 is 11.9 Å². The van der Waals surface area contributed by atoms with Crippen LogP contribution in [0.15, 0.2) is 30.3 Å². The van der Waals surface area contributed by atoms with Gasteiger partial charge in [0, 0.05) is 6.42 Å². The summed E-state index contributed by atoms with van der Waals surface area (Å²) in [6.45, 7) is 2.76. The van der Waals surface area contributed by atoms with E-state index >= 15 is 0 Å². The first kappa shape index (κ1) is 28.5. The van der Waals surface area contributed by atoms with E-state index in [0.29, 0.717) is 12.0 Å². The highest BCUT2D eigenvalue weighted by Gasteiger charge is 2.33. The molecule has 34 heavy (non-hydrogen) atoms. The minimum Gasteiger partial charge on any atom is -0.481 e. The van der Waals surface area contributed by atoms with Crippen molar-refractivity contribution >= 4 is 29.7 Å². The zero-order chi connectivity index (χ0) is 25.8. The van der Waals surface area contributed by atoms with E-state index in [-0.39, 0.29) is 6.42 Å². The number of hydrogen-bond donors (Lipinski definition) is 7. The lowest BCUT2D eigenvalue weighted by Gasteiger charge is -2.27. The predicted octanol–water partition coefficient (Wildman–Crippen LogP) is -1.39. The Labute approximate surface area is 196 Å². The topological polar surface area (TPSA) is 208 Å². The smallest absolute Gasteiger partial charge is 0.326 e. The molecule has 0 bridgehead atoms. The monoisotopic (exact) mass is 480 g/mol. The van der Waals surface area contributed by atoms with E-state index in [1.165, 1.54) is 0 Å². The number of nitrogens with one attached hydrogen (secondary N) is 3. The molecule has 188 valence electrons. The molecule has 0 aliphatic carbocycles. The second kappa shape index (κ2) is 13.9. The first-order chi connectivity index (χ1) is 16.0. The minimum atomic E-state index is -1.60. The molecule has 0 aliphatic rings. The standard InChI is InChI=1S/C22H32N4O8/c1-3-12(2)18(26-19(30)14(23)11-27)21(32)24-15(10-17(28)29)20(31)25-16(22(33)34)9-13-7-5-4-6-8-13/h4-8,12,14-16,18,27H,3,9-11,23H2,1-2H3,(H,24,32)(H,25,31)(H,26,30)(H,28,29)(H,33,34). The van der Waals surface area contributed by atoms with Gasteiger partial charge in [0.15, 0.2) is 0 Å². The van der Waals surface area contributed by atoms with Gasteiger partial charge in [-0.05, 0) is 11.5 Å². The Morgan fingerprint density at radius 1 is 0.912 bits per heavy atom. The number of carbonyl (C=O) groups excluding carboxylic acids is 3. The molecule has 0 aliphatic heterocycles. The average molecular weight is 481 g/mol. The van der Waals surface area contributed by atoms with Gasteiger partial charge in [0.1, 0.15) is 24.2 Å². The molecule has 0 saturated heterocycles. The van der Waals surface area contributed by atoms with E-state index < -0.39 is 72.8 Å². The van der Waals surface area contributed by atoms with Crippen molar-refractivity contribution in [2.45, 2.75) is 57.3 Å². The molecule has 1 aromatic rings. The van der Waals surface area contributed by atoms with Crippen LogP contribution in [0.25, 0.3) is 0 Å². The summed E-state index contributed by atoms with van der Waals surface area (Å²) in [7, 11) is 0. The highest BCUT2D eigenvalue weighted by Crippen LogP contribution is 2.10. The molecular formula is C22H32N4O8. The largest absolute Gasteiger partial charge is 0.481 e. The highest BCUT2D eigenvalue weighted by molar-refractivity contribution is 5.95. The molecule has 0 spiro atoms. The quantitative estimate of drug-likeness (QED) is 0.167. The number of aliphatic hydroxyl groups excluding tert-OH is 1. The summed E-state index contributed by atoms with van der Waals surface area (Å²) in [5.41, 5.74) is 6.11. The normalized spacial score (nSPS) is 15.2. The summed E-state index contributed by atoms with van der Waals surface area (Å²) in [5, 5.41) is 34.7. The van der Waals surface area contributed by atoms with Gasteiger partial charge in [0.25, 0.3) is 0 Å². The molecule has 0 heterocycles. The summed E-state index contributed by atoms with van der Waals surface area (Å²) in [4.78, 5) is 60.7. The second-order valence-electron chi connectivity index (χ2n) is 7.91. The summed E-state index contributed by atoms with van der Waals surface area (Å²) in [6, 6.07) is 3.10. The minimum absolute atomic E-state index is 0.0553. The van der Waals surface area contributed by atoms with Crippen LogP contribution < -0.4 is 21.7 Å². The van der Waals surface area contributed by atoms with Crippen LogP contribution in [0.1, 0.15) is 32.3 Å². The molecule has 3 amide bonds. The first-order valence-electron chi connectivity index (χ1n) is 10.8. The molecule has 12 nitrogen and oxygen atoms in total. The fraction of sp³-hybridized carbons (Fsp3) is 0.500. The molecule has 1 aromatic carbocycles. The van der Waals surface area contributed by atoms with Gasteiger partial charge in [-0.2, -0.15) is 0 Å². The number of carbonyl (C=O) groups is 5. The summed E-state index contributed by atoms with van der Waals surface area (Å²) >= 11 is 0. The molecule has 0 radical (unpaired) electrons. The number of aliphatic carboxylic acids is 2. The zero-order valence-corrected chi connectivity index (χ0v) is 19.1. The van der Waals surface area contributed by atoms with Gasteiger partial charge < -0.3 is 37.0 Å². The first-order valence-corrected chi connectivity index (χ1v) is 10.8. The van der Waals surface area contributed by atoms with E-state index in [1.54, 1.807) is 44.2 Å². The van der Waals surface area contributed by atoms with E-state index in [4.69, 9.17) is 10.8 Å². The third-order valence-corrected chi connectivity index (χ3v) is 5.24. The lowest BCUT2D eigenvalue weighted by atomic mass is 9.97. The van der Waals surface area contributed by atoms with Crippen molar-refractivity contribution in [1.29, 1.82) is 0 Å². The van der Waals surface area contributed by atoms with Crippen LogP contribution in [0.5, 0.6) is 0 Å². The molecule has 1 rings (SSSR count). The fourth-order valence-electron chi connectivity index (χ4n) is 3.01. The van der Waals surface area contributed by atoms with Crippen LogP contribution in [0.2, 0.25) is 0 Å². The summed E-state index contributed by atoms with van der Waals surface area (Å²) < 4.78 is 0. The third-order valence-electron chi connectivity index (χ3n) is 5.24. The molecule has 5 atom stereocenters. The van der Waals surface area contributed by atoms with Crippen molar-refractivity contribution in [3.8, 4) is 0 Å². The Morgan fingerprint density at radius 3 is 2.00 bits per heavy atom. The van der Waals surface area contributed by atoms with Crippen LogP contribution in [-0.4, -0.2) is 75.8 Å². The molecule has 0 saturated carbocycles. The number of aliphatic hydroxyl groups is 1. The number of nitrogens with two attached hydrogens (primary N) is 1. The molecular weight excluding hydrogens is 448 g/mol. The maximum Gasteiger partial charge on any atom is 0.326 e. The van der Waals surface area contributed by atoms with Crippen molar-refractivity contribution in [1.82, 2.24) is 16.0 Å². The van der Waals surface area contributed by atoms with Crippen LogP contribution in [-0.2, 0) is 30.4 Å². The summed E-state index contributed by atoms with van der Waals surface area (Å²) in [6.07, 6.45) is -0.423. The molecule has 12 heteroatoms. The predicted molar refractivity (Wildman–Crippen MR) is 120 cm³/mol. The van der Waals surface area contributed by atoms with Crippen LogP contribution in [0.3, 0.4) is 0 Å². The van der Waals surface area contributed by atoms with Gasteiger partial charge in [0.2, 0.25) is 17.7 Å². The maximum atomic E-state index is 12.9. The van der Waals surface area contributed by atoms with Gasteiger partial charge in [-0.3, -0.25) is 19.2 Å².